The molecule has 2 saturated heterocycles. The lowest BCUT2D eigenvalue weighted by Gasteiger charge is -2.35. The molecule has 1 N–H and O–H groups in total. The highest BCUT2D eigenvalue weighted by atomic mass is 35.5. The topological polar surface area (TPSA) is 41.6 Å². The predicted molar refractivity (Wildman–Crippen MR) is 76.5 cm³/mol. The van der Waals surface area contributed by atoms with Crippen LogP contribution in [0.1, 0.15) is 38.5 Å². The van der Waals surface area contributed by atoms with E-state index in [1.165, 1.54) is 25.7 Å². The van der Waals surface area contributed by atoms with Crippen molar-refractivity contribution >= 4 is 18.3 Å². The monoisotopic (exact) mass is 288 g/mol. The van der Waals surface area contributed by atoms with Gasteiger partial charge >= 0.3 is 0 Å². The van der Waals surface area contributed by atoms with Gasteiger partial charge in [-0.3, -0.25) is 4.79 Å². The molecule has 3 aliphatic rings. The zero-order valence-electron chi connectivity index (χ0n) is 11.6. The number of carbonyl (C=O) groups excluding carboxylic acids is 1. The molecular weight excluding hydrogens is 264 g/mol. The first-order valence-corrected chi connectivity index (χ1v) is 7.32. The van der Waals surface area contributed by atoms with Crippen LogP contribution in [0.5, 0.6) is 0 Å². The zero-order valence-corrected chi connectivity index (χ0v) is 12.5. The molecule has 0 aromatic rings. The van der Waals surface area contributed by atoms with E-state index in [1.807, 2.05) is 11.9 Å². The normalized spacial score (nSPS) is 32.8. The van der Waals surface area contributed by atoms with Crippen molar-refractivity contribution in [1.82, 2.24) is 10.2 Å². The molecule has 2 aliphatic heterocycles. The first-order valence-electron chi connectivity index (χ1n) is 7.32. The summed E-state index contributed by atoms with van der Waals surface area (Å²) in [6.45, 7) is 1.04. The predicted octanol–water partition coefficient (Wildman–Crippen LogP) is 1.58. The molecule has 1 amide bonds. The van der Waals surface area contributed by atoms with Gasteiger partial charge in [-0.1, -0.05) is 0 Å². The van der Waals surface area contributed by atoms with Crippen molar-refractivity contribution in [2.75, 3.05) is 20.3 Å². The lowest BCUT2D eigenvalue weighted by atomic mass is 9.98. The minimum Gasteiger partial charge on any atom is -0.371 e. The largest absolute Gasteiger partial charge is 0.371 e. The van der Waals surface area contributed by atoms with E-state index >= 15 is 0 Å². The molecule has 2 heterocycles. The molecule has 0 aromatic heterocycles. The minimum atomic E-state index is 0. The molecule has 1 aliphatic carbocycles. The highest BCUT2D eigenvalue weighted by Crippen LogP contribution is 2.30. The summed E-state index contributed by atoms with van der Waals surface area (Å²) in [5, 5.41) is 3.61. The molecule has 2 atom stereocenters. The summed E-state index contributed by atoms with van der Waals surface area (Å²) in [7, 11) is 1.94. The van der Waals surface area contributed by atoms with Gasteiger partial charge in [0, 0.05) is 25.2 Å². The maximum atomic E-state index is 12.1. The summed E-state index contributed by atoms with van der Waals surface area (Å²) in [6, 6.07) is 1.69. The van der Waals surface area contributed by atoms with E-state index in [0.29, 0.717) is 18.1 Å². The van der Waals surface area contributed by atoms with Gasteiger partial charge in [-0.15, -0.1) is 12.4 Å². The molecule has 0 aromatic carbocycles. The van der Waals surface area contributed by atoms with E-state index in [2.05, 4.69) is 5.32 Å². The lowest BCUT2D eigenvalue weighted by molar-refractivity contribution is -0.137. The van der Waals surface area contributed by atoms with Gasteiger partial charge < -0.3 is 15.0 Å². The smallest absolute Gasteiger partial charge is 0.248 e. The number of nitrogens with one attached hydrogen (secondary N) is 1. The van der Waals surface area contributed by atoms with E-state index in [-0.39, 0.29) is 24.9 Å². The first-order chi connectivity index (χ1) is 8.72. The molecule has 4 nitrogen and oxygen atoms in total. The van der Waals surface area contributed by atoms with Gasteiger partial charge in [0.2, 0.25) is 5.91 Å². The standard InChI is InChI=1S/C14H24N2O2.ClH/c1-16(14(17)9-18-8-10-2-3-10)13-6-11-4-5-12(7-13)15-11;/h10-13,15H,2-9H2,1H3;1H. The van der Waals surface area contributed by atoms with Crippen molar-refractivity contribution in [1.29, 1.82) is 0 Å². The van der Waals surface area contributed by atoms with Crippen LogP contribution < -0.4 is 5.32 Å². The van der Waals surface area contributed by atoms with Crippen molar-refractivity contribution in [2.24, 2.45) is 5.92 Å². The second kappa shape index (κ2) is 6.42. The Morgan fingerprint density at radius 3 is 2.42 bits per heavy atom. The van der Waals surface area contributed by atoms with Crippen LogP contribution in [0.3, 0.4) is 0 Å². The van der Waals surface area contributed by atoms with Gasteiger partial charge in [0.05, 0.1) is 6.61 Å². The van der Waals surface area contributed by atoms with Crippen molar-refractivity contribution < 1.29 is 9.53 Å². The molecule has 2 bridgehead atoms. The average Bonchev–Trinajstić information content (AvgIpc) is 3.13. The Morgan fingerprint density at radius 2 is 1.84 bits per heavy atom. The summed E-state index contributed by atoms with van der Waals surface area (Å²) in [5.41, 5.74) is 0. The number of ether oxygens (including phenoxy) is 1. The molecule has 1 saturated carbocycles. The number of fused-ring (bicyclic) bond motifs is 2. The van der Waals surface area contributed by atoms with Crippen molar-refractivity contribution in [3.63, 3.8) is 0 Å². The fourth-order valence-corrected chi connectivity index (χ4v) is 3.25. The molecule has 3 fully saturated rings. The Hall–Kier alpha value is -0.320. The number of likely N-dealkylation sites (N-methyl/N-ethyl adjacent to an activating group) is 1. The van der Waals surface area contributed by atoms with Gasteiger partial charge in [-0.2, -0.15) is 0 Å². The quantitative estimate of drug-likeness (QED) is 0.835. The fraction of sp³-hybridized carbons (Fsp3) is 0.929. The average molecular weight is 289 g/mol. The second-order valence-electron chi connectivity index (χ2n) is 6.23. The molecule has 0 radical (unpaired) electrons. The van der Waals surface area contributed by atoms with Crippen molar-refractivity contribution in [3.05, 3.63) is 0 Å². The number of piperidine rings is 1. The SMILES string of the molecule is CN(C(=O)COCC1CC1)C1CC2CCC(C1)N2.Cl. The highest BCUT2D eigenvalue weighted by Gasteiger charge is 2.36. The molecule has 2 unspecified atom stereocenters. The van der Waals surface area contributed by atoms with Gasteiger partial charge in [0.1, 0.15) is 6.61 Å². The van der Waals surface area contributed by atoms with E-state index in [9.17, 15) is 4.79 Å². The number of hydrogen-bond donors (Lipinski definition) is 1. The number of amides is 1. The maximum Gasteiger partial charge on any atom is 0.248 e. The molecular formula is C14H25ClN2O2. The molecule has 5 heteroatoms. The highest BCUT2D eigenvalue weighted by molar-refractivity contribution is 5.85. The van der Waals surface area contributed by atoms with Crippen LogP contribution >= 0.6 is 12.4 Å². The summed E-state index contributed by atoms with van der Waals surface area (Å²) >= 11 is 0. The van der Waals surface area contributed by atoms with Crippen LogP contribution in [0.2, 0.25) is 0 Å². The fourth-order valence-electron chi connectivity index (χ4n) is 3.25. The van der Waals surface area contributed by atoms with Crippen molar-refractivity contribution in [2.45, 2.75) is 56.7 Å². The third kappa shape index (κ3) is 3.83. The Kier molecular flexibility index (Phi) is 5.09. The third-order valence-electron chi connectivity index (χ3n) is 4.67. The van der Waals surface area contributed by atoms with Gasteiger partial charge in [0.25, 0.3) is 0 Å². The van der Waals surface area contributed by atoms with Gasteiger partial charge in [0.15, 0.2) is 0 Å². The van der Waals surface area contributed by atoms with Crippen LogP contribution in [0.4, 0.5) is 0 Å². The van der Waals surface area contributed by atoms with Crippen LogP contribution in [-0.4, -0.2) is 49.2 Å². The Morgan fingerprint density at radius 1 is 1.21 bits per heavy atom. The molecule has 3 rings (SSSR count). The van der Waals surface area contributed by atoms with Gasteiger partial charge in [-0.25, -0.2) is 0 Å². The van der Waals surface area contributed by atoms with Crippen LogP contribution in [0.25, 0.3) is 0 Å². The van der Waals surface area contributed by atoms with Gasteiger partial charge in [-0.05, 0) is 44.4 Å². The maximum absolute atomic E-state index is 12.1. The number of hydrogen-bond acceptors (Lipinski definition) is 3. The minimum absolute atomic E-state index is 0. The van der Waals surface area contributed by atoms with E-state index in [4.69, 9.17) is 4.74 Å². The number of rotatable bonds is 5. The molecule has 19 heavy (non-hydrogen) atoms. The summed E-state index contributed by atoms with van der Waals surface area (Å²) < 4.78 is 5.49. The second-order valence-corrected chi connectivity index (χ2v) is 6.23. The third-order valence-corrected chi connectivity index (χ3v) is 4.67. The summed E-state index contributed by atoms with van der Waals surface area (Å²) in [5.74, 6) is 0.889. The Labute approximate surface area is 121 Å². The Balaban J connectivity index is 0.00000133. The van der Waals surface area contributed by atoms with Crippen molar-refractivity contribution in [3.8, 4) is 0 Å². The summed E-state index contributed by atoms with van der Waals surface area (Å²) in [6.07, 6.45) is 7.34. The Bertz CT molecular complexity index is 311. The molecule has 110 valence electrons. The van der Waals surface area contributed by atoms with Crippen LogP contribution in [-0.2, 0) is 9.53 Å². The van der Waals surface area contributed by atoms with Crippen LogP contribution in [0, 0.1) is 5.92 Å². The molecule has 0 spiro atoms. The number of carbonyl (C=O) groups is 1. The van der Waals surface area contributed by atoms with E-state index in [0.717, 1.165) is 25.4 Å². The first kappa shape index (κ1) is 15.1. The zero-order chi connectivity index (χ0) is 12.5. The number of halogens is 1. The van der Waals surface area contributed by atoms with Crippen LogP contribution in [0.15, 0.2) is 0 Å². The number of nitrogens with zero attached hydrogens (tertiary/aromatic N) is 1. The lowest BCUT2D eigenvalue weighted by Crippen LogP contribution is -2.49. The van der Waals surface area contributed by atoms with E-state index in [1.54, 1.807) is 0 Å². The van der Waals surface area contributed by atoms with E-state index < -0.39 is 0 Å². The summed E-state index contributed by atoms with van der Waals surface area (Å²) in [4.78, 5) is 14.0.